The van der Waals surface area contributed by atoms with Crippen LogP contribution in [0.2, 0.25) is 0 Å². The van der Waals surface area contributed by atoms with E-state index in [1.165, 1.54) is 37.7 Å². The van der Waals surface area contributed by atoms with E-state index in [-0.39, 0.29) is 23.3 Å². The Balaban J connectivity index is 1.38. The lowest BCUT2D eigenvalue weighted by molar-refractivity contribution is -0.123. The molecule has 0 radical (unpaired) electrons. The van der Waals surface area contributed by atoms with Gasteiger partial charge >= 0.3 is 0 Å². The summed E-state index contributed by atoms with van der Waals surface area (Å²) in [6.45, 7) is 2.95. The highest BCUT2D eigenvalue weighted by Crippen LogP contribution is 2.37. The van der Waals surface area contributed by atoms with Gasteiger partial charge < -0.3 is 10.6 Å². The van der Waals surface area contributed by atoms with Gasteiger partial charge in [-0.25, -0.2) is 0 Å². The molecular weight excluding hydrogens is 338 g/mol. The molecule has 0 aromatic heterocycles. The first-order valence-electron chi connectivity index (χ1n) is 10.5. The summed E-state index contributed by atoms with van der Waals surface area (Å²) in [5.74, 6) is 0.804. The Bertz CT molecular complexity index is 671. The third-order valence-corrected chi connectivity index (χ3v) is 6.68. The molecule has 1 aromatic carbocycles. The average molecular weight is 370 g/mol. The second kappa shape index (κ2) is 8.01. The van der Waals surface area contributed by atoms with Crippen molar-refractivity contribution in [1.82, 2.24) is 15.5 Å². The summed E-state index contributed by atoms with van der Waals surface area (Å²) in [5, 5.41) is 6.31. The normalized spacial score (nSPS) is 27.6. The van der Waals surface area contributed by atoms with E-state index in [9.17, 15) is 9.59 Å². The molecule has 1 spiro atoms. The summed E-state index contributed by atoms with van der Waals surface area (Å²) in [6.07, 6.45) is 7.85. The molecule has 146 valence electrons. The quantitative estimate of drug-likeness (QED) is 0.839. The third-order valence-electron chi connectivity index (χ3n) is 6.68. The maximum atomic E-state index is 12.9. The third kappa shape index (κ3) is 4.34. The van der Waals surface area contributed by atoms with Crippen molar-refractivity contribution in [2.45, 2.75) is 51.0 Å². The predicted octanol–water partition coefficient (Wildman–Crippen LogP) is 2.64. The van der Waals surface area contributed by atoms with Crippen molar-refractivity contribution in [3.05, 3.63) is 35.9 Å². The van der Waals surface area contributed by atoms with E-state index in [0.29, 0.717) is 18.9 Å². The van der Waals surface area contributed by atoms with Gasteiger partial charge in [0.05, 0.1) is 12.6 Å². The van der Waals surface area contributed by atoms with Gasteiger partial charge in [0.2, 0.25) is 11.8 Å². The van der Waals surface area contributed by atoms with Crippen LogP contribution in [0.25, 0.3) is 0 Å². The van der Waals surface area contributed by atoms with Crippen LogP contribution < -0.4 is 10.6 Å². The maximum absolute atomic E-state index is 12.9. The highest BCUT2D eigenvalue weighted by molar-refractivity contribution is 5.80. The van der Waals surface area contributed by atoms with Crippen LogP contribution in [0, 0.1) is 11.3 Å². The standard InChI is InChI=1S/C22H31N3O2/c26-19-13-22(15-23-19)11-12-25(16-22)14-20(27)24-21(17-7-3-1-4-8-17)18-9-5-2-6-10-18/h1,3-4,7-8,18,21H,2,5-6,9-16H2,(H,23,26)(H,24,27). The molecule has 5 heteroatoms. The summed E-state index contributed by atoms with van der Waals surface area (Å²) < 4.78 is 0. The van der Waals surface area contributed by atoms with Crippen LogP contribution in [-0.2, 0) is 9.59 Å². The number of carbonyl (C=O) groups excluding carboxylic acids is 2. The Kier molecular flexibility index (Phi) is 5.48. The van der Waals surface area contributed by atoms with Crippen LogP contribution in [0.1, 0.15) is 56.6 Å². The van der Waals surface area contributed by atoms with Crippen LogP contribution in [0.4, 0.5) is 0 Å². The highest BCUT2D eigenvalue weighted by atomic mass is 16.2. The van der Waals surface area contributed by atoms with Crippen molar-refractivity contribution < 1.29 is 9.59 Å². The van der Waals surface area contributed by atoms with Gasteiger partial charge in [-0.2, -0.15) is 0 Å². The number of hydrogen-bond acceptors (Lipinski definition) is 3. The van der Waals surface area contributed by atoms with Crippen molar-refractivity contribution in [1.29, 1.82) is 0 Å². The number of nitrogens with one attached hydrogen (secondary N) is 2. The van der Waals surface area contributed by atoms with E-state index in [1.54, 1.807) is 0 Å². The largest absolute Gasteiger partial charge is 0.355 e. The van der Waals surface area contributed by atoms with Crippen molar-refractivity contribution in [2.24, 2.45) is 11.3 Å². The lowest BCUT2D eigenvalue weighted by Gasteiger charge is -2.32. The van der Waals surface area contributed by atoms with Gasteiger partial charge in [0.1, 0.15) is 0 Å². The predicted molar refractivity (Wildman–Crippen MR) is 105 cm³/mol. The number of benzene rings is 1. The Labute approximate surface area is 161 Å². The minimum atomic E-state index is 0.0551. The van der Waals surface area contributed by atoms with Crippen molar-refractivity contribution in [2.75, 3.05) is 26.2 Å². The Morgan fingerprint density at radius 1 is 1.22 bits per heavy atom. The zero-order chi connectivity index (χ0) is 18.7. The molecule has 4 rings (SSSR count). The maximum Gasteiger partial charge on any atom is 0.234 e. The smallest absolute Gasteiger partial charge is 0.234 e. The van der Waals surface area contributed by atoms with Crippen molar-refractivity contribution in [3.63, 3.8) is 0 Å². The van der Waals surface area contributed by atoms with E-state index >= 15 is 0 Å². The van der Waals surface area contributed by atoms with Gasteiger partial charge in [-0.15, -0.1) is 0 Å². The fourth-order valence-electron chi connectivity index (χ4n) is 5.23. The first-order valence-corrected chi connectivity index (χ1v) is 10.5. The number of hydrogen-bond donors (Lipinski definition) is 2. The molecule has 2 unspecified atom stereocenters. The number of carbonyl (C=O) groups is 2. The minimum Gasteiger partial charge on any atom is -0.355 e. The van der Waals surface area contributed by atoms with Crippen LogP contribution in [0.15, 0.2) is 30.3 Å². The zero-order valence-electron chi connectivity index (χ0n) is 16.1. The van der Waals surface area contributed by atoms with Crippen LogP contribution >= 0.6 is 0 Å². The second-order valence-corrected chi connectivity index (χ2v) is 8.77. The summed E-state index contributed by atoms with van der Waals surface area (Å²) in [4.78, 5) is 26.7. The summed E-state index contributed by atoms with van der Waals surface area (Å²) in [7, 11) is 0. The topological polar surface area (TPSA) is 61.4 Å². The molecule has 2 saturated heterocycles. The van der Waals surface area contributed by atoms with E-state index < -0.39 is 0 Å². The first-order chi connectivity index (χ1) is 13.1. The van der Waals surface area contributed by atoms with Crippen LogP contribution in [-0.4, -0.2) is 42.9 Å². The fraction of sp³-hybridized carbons (Fsp3) is 0.636. The van der Waals surface area contributed by atoms with Gasteiger partial charge in [-0.3, -0.25) is 14.5 Å². The number of nitrogens with zero attached hydrogens (tertiary/aromatic N) is 1. The van der Waals surface area contributed by atoms with Crippen molar-refractivity contribution >= 4 is 11.8 Å². The molecule has 0 bridgehead atoms. The minimum absolute atomic E-state index is 0.0551. The molecule has 1 aromatic rings. The summed E-state index contributed by atoms with van der Waals surface area (Å²) in [5.41, 5.74) is 1.28. The molecule has 1 saturated carbocycles. The van der Waals surface area contributed by atoms with Gasteiger partial charge in [-0.05, 0) is 37.3 Å². The van der Waals surface area contributed by atoms with E-state index in [1.807, 2.05) is 6.07 Å². The molecule has 2 aliphatic heterocycles. The fourth-order valence-corrected chi connectivity index (χ4v) is 5.23. The SMILES string of the molecule is O=C1CC2(CCN(CC(=O)NC(c3ccccc3)C3CCCCC3)C2)CN1. The number of likely N-dealkylation sites (tertiary alicyclic amines) is 1. The van der Waals surface area contributed by atoms with Crippen LogP contribution in [0.3, 0.4) is 0 Å². The zero-order valence-corrected chi connectivity index (χ0v) is 16.1. The summed E-state index contributed by atoms with van der Waals surface area (Å²) in [6, 6.07) is 10.5. The molecule has 3 aliphatic rings. The van der Waals surface area contributed by atoms with Crippen molar-refractivity contribution in [3.8, 4) is 0 Å². The molecular formula is C22H31N3O2. The number of rotatable bonds is 5. The van der Waals surface area contributed by atoms with E-state index in [2.05, 4.69) is 39.8 Å². The molecule has 1 aliphatic carbocycles. The number of amides is 2. The van der Waals surface area contributed by atoms with Gasteiger partial charge in [-0.1, -0.05) is 49.6 Å². The highest BCUT2D eigenvalue weighted by Gasteiger charge is 2.44. The molecule has 2 amide bonds. The average Bonchev–Trinajstić information content (AvgIpc) is 3.26. The molecule has 2 heterocycles. The molecule has 2 N–H and O–H groups in total. The van der Waals surface area contributed by atoms with E-state index in [0.717, 1.165) is 26.1 Å². The second-order valence-electron chi connectivity index (χ2n) is 8.77. The summed E-state index contributed by atoms with van der Waals surface area (Å²) >= 11 is 0. The first kappa shape index (κ1) is 18.5. The van der Waals surface area contributed by atoms with Crippen LogP contribution in [0.5, 0.6) is 0 Å². The van der Waals surface area contributed by atoms with Gasteiger partial charge in [0.15, 0.2) is 0 Å². The Morgan fingerprint density at radius 3 is 2.70 bits per heavy atom. The molecule has 3 fully saturated rings. The van der Waals surface area contributed by atoms with Gasteiger partial charge in [0.25, 0.3) is 0 Å². The Morgan fingerprint density at radius 2 is 2.00 bits per heavy atom. The molecule has 5 nitrogen and oxygen atoms in total. The monoisotopic (exact) mass is 369 g/mol. The molecule has 2 atom stereocenters. The van der Waals surface area contributed by atoms with Gasteiger partial charge in [0, 0.05) is 24.9 Å². The molecule has 27 heavy (non-hydrogen) atoms. The lowest BCUT2D eigenvalue weighted by atomic mass is 9.81. The lowest BCUT2D eigenvalue weighted by Crippen LogP contribution is -2.41. The Hall–Kier alpha value is -1.88. The van der Waals surface area contributed by atoms with E-state index in [4.69, 9.17) is 0 Å².